The molecule has 0 unspecified atom stereocenters. The van der Waals surface area contributed by atoms with Crippen molar-refractivity contribution in [1.82, 2.24) is 14.8 Å². The first-order chi connectivity index (χ1) is 16.6. The average molecular weight is 475 g/mol. The number of Topliss-reactive ketones (excluding diaryl/α,β-unsaturated/α-hetero) is 1. The van der Waals surface area contributed by atoms with Gasteiger partial charge in [0.15, 0.2) is 16.8 Å². The van der Waals surface area contributed by atoms with Gasteiger partial charge < -0.3 is 14.8 Å². The van der Waals surface area contributed by atoms with E-state index in [2.05, 4.69) is 34.6 Å². The molecular weight excluding hydrogens is 448 g/mol. The fraction of sp³-hybridized carbons (Fsp3) is 0.192. The normalized spacial score (nSPS) is 10.7. The standard InChI is InChI=1S/C26H26N4O3S/c1-18-4-8-20(9-5-18)27-16-25-28-29-26(30(25)21-10-14-23(33-3)15-11-21)34-17-24(31)19-6-12-22(32-2)13-7-19/h4-15,27H,16-17H2,1-3H3. The lowest BCUT2D eigenvalue weighted by Crippen LogP contribution is -2.09. The molecule has 0 radical (unpaired) electrons. The zero-order valence-corrected chi connectivity index (χ0v) is 20.1. The van der Waals surface area contributed by atoms with E-state index in [0.29, 0.717) is 23.0 Å². The highest BCUT2D eigenvalue weighted by Crippen LogP contribution is 2.25. The molecule has 174 valence electrons. The van der Waals surface area contributed by atoms with Crippen LogP contribution in [0.1, 0.15) is 21.7 Å². The maximum atomic E-state index is 12.7. The molecule has 0 amide bonds. The van der Waals surface area contributed by atoms with Crippen LogP contribution in [0.5, 0.6) is 11.5 Å². The van der Waals surface area contributed by atoms with Gasteiger partial charge in [-0.05, 0) is 67.6 Å². The molecule has 0 fully saturated rings. The van der Waals surface area contributed by atoms with Crippen molar-refractivity contribution in [2.45, 2.75) is 18.6 Å². The summed E-state index contributed by atoms with van der Waals surface area (Å²) in [5.74, 6) is 2.47. The number of rotatable bonds is 10. The van der Waals surface area contributed by atoms with Gasteiger partial charge in [0.05, 0.1) is 26.5 Å². The molecule has 0 aliphatic heterocycles. The van der Waals surface area contributed by atoms with E-state index in [1.807, 2.05) is 41.0 Å². The molecule has 0 atom stereocenters. The number of methoxy groups -OCH3 is 2. The van der Waals surface area contributed by atoms with E-state index in [1.54, 1.807) is 38.5 Å². The largest absolute Gasteiger partial charge is 0.497 e. The van der Waals surface area contributed by atoms with Crippen LogP contribution in [-0.4, -0.2) is 40.5 Å². The van der Waals surface area contributed by atoms with E-state index >= 15 is 0 Å². The van der Waals surface area contributed by atoms with Crippen LogP contribution in [0.4, 0.5) is 5.69 Å². The van der Waals surface area contributed by atoms with Gasteiger partial charge in [0.1, 0.15) is 11.5 Å². The van der Waals surface area contributed by atoms with Crippen molar-refractivity contribution in [1.29, 1.82) is 0 Å². The van der Waals surface area contributed by atoms with Gasteiger partial charge in [-0.3, -0.25) is 9.36 Å². The predicted molar refractivity (Wildman–Crippen MR) is 134 cm³/mol. The lowest BCUT2D eigenvalue weighted by molar-refractivity contribution is 0.102. The van der Waals surface area contributed by atoms with Crippen molar-refractivity contribution in [3.8, 4) is 17.2 Å². The minimum atomic E-state index is 0.0104. The summed E-state index contributed by atoms with van der Waals surface area (Å²) in [7, 11) is 3.24. The molecule has 1 heterocycles. The lowest BCUT2D eigenvalue weighted by Gasteiger charge is -2.12. The number of aryl methyl sites for hydroxylation is 1. The number of ketones is 1. The molecule has 7 nitrogen and oxygen atoms in total. The number of anilines is 1. The highest BCUT2D eigenvalue weighted by Gasteiger charge is 2.17. The molecule has 4 aromatic rings. The summed E-state index contributed by atoms with van der Waals surface area (Å²) >= 11 is 1.36. The third-order valence-electron chi connectivity index (χ3n) is 5.28. The van der Waals surface area contributed by atoms with Crippen molar-refractivity contribution >= 4 is 23.2 Å². The van der Waals surface area contributed by atoms with Gasteiger partial charge in [0, 0.05) is 16.9 Å². The van der Waals surface area contributed by atoms with Crippen LogP contribution < -0.4 is 14.8 Å². The predicted octanol–water partition coefficient (Wildman–Crippen LogP) is 5.18. The molecule has 3 aromatic carbocycles. The van der Waals surface area contributed by atoms with Crippen LogP contribution >= 0.6 is 11.8 Å². The summed E-state index contributed by atoms with van der Waals surface area (Å²) in [5, 5.41) is 12.8. The molecule has 1 aromatic heterocycles. The Morgan fingerprint density at radius 2 is 1.50 bits per heavy atom. The zero-order valence-electron chi connectivity index (χ0n) is 19.3. The SMILES string of the molecule is COc1ccc(C(=O)CSc2nnc(CNc3ccc(C)cc3)n2-c2ccc(OC)cc2)cc1. The molecule has 0 saturated carbocycles. The van der Waals surface area contributed by atoms with Crippen LogP contribution in [0, 0.1) is 6.92 Å². The second-order valence-corrected chi connectivity index (χ2v) is 8.53. The van der Waals surface area contributed by atoms with Gasteiger partial charge in [0.25, 0.3) is 0 Å². The number of hydrogen-bond acceptors (Lipinski definition) is 7. The molecule has 0 bridgehead atoms. The maximum Gasteiger partial charge on any atom is 0.196 e. The van der Waals surface area contributed by atoms with E-state index in [0.717, 1.165) is 22.9 Å². The average Bonchev–Trinajstić information content (AvgIpc) is 3.29. The Bertz CT molecular complexity index is 1240. The van der Waals surface area contributed by atoms with Crippen LogP contribution in [0.2, 0.25) is 0 Å². The summed E-state index contributed by atoms with van der Waals surface area (Å²) in [5.41, 5.74) is 3.72. The number of carbonyl (C=O) groups excluding carboxylic acids is 1. The van der Waals surface area contributed by atoms with Crippen molar-refractivity contribution in [3.63, 3.8) is 0 Å². The molecule has 0 spiro atoms. The van der Waals surface area contributed by atoms with Crippen LogP contribution in [-0.2, 0) is 6.54 Å². The zero-order chi connectivity index (χ0) is 23.9. The van der Waals surface area contributed by atoms with Gasteiger partial charge in [-0.1, -0.05) is 29.5 Å². The topological polar surface area (TPSA) is 78.3 Å². The van der Waals surface area contributed by atoms with Crippen LogP contribution in [0.3, 0.4) is 0 Å². The molecular formula is C26H26N4O3S. The number of benzene rings is 3. The minimum absolute atomic E-state index is 0.0104. The molecule has 4 rings (SSSR count). The van der Waals surface area contributed by atoms with Gasteiger partial charge in [-0.15, -0.1) is 10.2 Å². The fourth-order valence-corrected chi connectivity index (χ4v) is 4.21. The van der Waals surface area contributed by atoms with E-state index in [4.69, 9.17) is 9.47 Å². The Balaban J connectivity index is 1.55. The van der Waals surface area contributed by atoms with Gasteiger partial charge in [-0.2, -0.15) is 0 Å². The number of aromatic nitrogens is 3. The maximum absolute atomic E-state index is 12.7. The van der Waals surface area contributed by atoms with E-state index in [1.165, 1.54) is 17.3 Å². The molecule has 8 heteroatoms. The van der Waals surface area contributed by atoms with Gasteiger partial charge >= 0.3 is 0 Å². The second-order valence-electron chi connectivity index (χ2n) is 7.59. The van der Waals surface area contributed by atoms with Crippen molar-refractivity contribution < 1.29 is 14.3 Å². The third-order valence-corrected chi connectivity index (χ3v) is 6.21. The van der Waals surface area contributed by atoms with Crippen LogP contribution in [0.25, 0.3) is 5.69 Å². The first kappa shape index (κ1) is 23.4. The lowest BCUT2D eigenvalue weighted by atomic mass is 10.1. The van der Waals surface area contributed by atoms with Crippen molar-refractivity contribution in [3.05, 3.63) is 89.7 Å². The van der Waals surface area contributed by atoms with Crippen LogP contribution in [0.15, 0.2) is 78.0 Å². The Morgan fingerprint density at radius 3 is 2.12 bits per heavy atom. The summed E-state index contributed by atoms with van der Waals surface area (Å²) in [4.78, 5) is 12.7. The van der Waals surface area contributed by atoms with Gasteiger partial charge in [-0.25, -0.2) is 0 Å². The monoisotopic (exact) mass is 474 g/mol. The quantitative estimate of drug-likeness (QED) is 0.251. The number of thioether (sulfide) groups is 1. The van der Waals surface area contributed by atoms with Gasteiger partial charge in [0.2, 0.25) is 0 Å². The first-order valence-corrected chi connectivity index (χ1v) is 11.8. The number of nitrogens with zero attached hydrogens (tertiary/aromatic N) is 3. The highest BCUT2D eigenvalue weighted by molar-refractivity contribution is 7.99. The Hall–Kier alpha value is -3.78. The van der Waals surface area contributed by atoms with Crippen molar-refractivity contribution in [2.75, 3.05) is 25.3 Å². The molecule has 0 aliphatic carbocycles. The summed E-state index contributed by atoms with van der Waals surface area (Å²) < 4.78 is 12.4. The second kappa shape index (κ2) is 10.9. The molecule has 0 saturated heterocycles. The highest BCUT2D eigenvalue weighted by atomic mass is 32.2. The molecule has 1 N–H and O–H groups in total. The smallest absolute Gasteiger partial charge is 0.196 e. The summed E-state index contributed by atoms with van der Waals surface area (Å²) in [6.45, 7) is 2.54. The molecule has 34 heavy (non-hydrogen) atoms. The number of carbonyl (C=O) groups is 1. The van der Waals surface area contributed by atoms with E-state index < -0.39 is 0 Å². The summed E-state index contributed by atoms with van der Waals surface area (Å²) in [6, 6.07) is 23.0. The minimum Gasteiger partial charge on any atom is -0.497 e. The third kappa shape index (κ3) is 5.58. The number of hydrogen-bond donors (Lipinski definition) is 1. The Kier molecular flexibility index (Phi) is 7.49. The van der Waals surface area contributed by atoms with E-state index in [-0.39, 0.29) is 11.5 Å². The number of nitrogens with one attached hydrogen (secondary N) is 1. The Morgan fingerprint density at radius 1 is 0.882 bits per heavy atom. The number of ether oxygens (including phenoxy) is 2. The van der Waals surface area contributed by atoms with Crippen molar-refractivity contribution in [2.24, 2.45) is 0 Å². The fourth-order valence-electron chi connectivity index (χ4n) is 3.34. The summed E-state index contributed by atoms with van der Waals surface area (Å²) in [6.07, 6.45) is 0. The van der Waals surface area contributed by atoms with E-state index in [9.17, 15) is 4.79 Å². The first-order valence-electron chi connectivity index (χ1n) is 10.8. The Labute approximate surface area is 203 Å². The molecule has 0 aliphatic rings.